The molecule has 1 aliphatic rings. The number of aromatic nitrogens is 5. The molecule has 0 unspecified atom stereocenters. The quantitative estimate of drug-likeness (QED) is 0.372. The zero-order valence-corrected chi connectivity index (χ0v) is 19.2. The maximum absolute atomic E-state index is 13.1. The predicted molar refractivity (Wildman–Crippen MR) is 123 cm³/mol. The number of carbonyl (C=O) groups excluding carboxylic acids is 2. The van der Waals surface area contributed by atoms with E-state index in [0.717, 1.165) is 11.3 Å². The Balaban J connectivity index is 1.47. The number of thioether (sulfide) groups is 1. The van der Waals surface area contributed by atoms with E-state index in [1.54, 1.807) is 48.7 Å². The number of nitrogens with zero attached hydrogens (tertiary/aromatic N) is 6. The molecule has 10 nitrogen and oxygen atoms in total. The molecule has 0 bridgehead atoms. The van der Waals surface area contributed by atoms with E-state index in [1.165, 1.54) is 33.2 Å². The summed E-state index contributed by atoms with van der Waals surface area (Å²) in [5.41, 5.74) is 1.51. The van der Waals surface area contributed by atoms with Crippen molar-refractivity contribution in [3.05, 3.63) is 54.6 Å². The molecule has 1 N–H and O–H groups in total. The highest BCUT2D eigenvalue weighted by molar-refractivity contribution is 8.00. The van der Waals surface area contributed by atoms with E-state index in [4.69, 9.17) is 4.74 Å². The first-order chi connectivity index (χ1) is 16.9. The molecule has 4 aromatic rings. The lowest BCUT2D eigenvalue weighted by Gasteiger charge is -2.35. The van der Waals surface area contributed by atoms with Crippen molar-refractivity contribution in [3.63, 3.8) is 0 Å². The molecule has 0 aliphatic carbocycles. The largest absolute Gasteiger partial charge is 0.434 e. The molecule has 0 saturated carbocycles. The smallest absolute Gasteiger partial charge is 0.387 e. The molecule has 13 heteroatoms. The normalized spacial score (nSPS) is 13.8. The minimum Gasteiger partial charge on any atom is -0.434 e. The van der Waals surface area contributed by atoms with Gasteiger partial charge >= 0.3 is 6.61 Å². The molecule has 1 aliphatic heterocycles. The van der Waals surface area contributed by atoms with Gasteiger partial charge in [0.1, 0.15) is 17.0 Å². The van der Waals surface area contributed by atoms with Crippen LogP contribution in [-0.2, 0) is 11.8 Å². The standard InChI is InChI=1S/C22H19F2N7O3S/c1-29-11-17(27-21(33)16-8-26-31-6-2-5-25-20(16)31)19(28-29)15-7-13(3-4-18(15)34-22(23)24)35-14-9-30(10-14)12-32/h2-8,11-12,14,22H,9-10H2,1H3,(H,27,33). The first kappa shape index (κ1) is 22.8. The summed E-state index contributed by atoms with van der Waals surface area (Å²) in [4.78, 5) is 30.5. The number of nitrogens with one attached hydrogen (secondary N) is 1. The molecule has 1 fully saturated rings. The van der Waals surface area contributed by atoms with Crippen LogP contribution in [0.25, 0.3) is 16.9 Å². The van der Waals surface area contributed by atoms with Crippen LogP contribution in [0.4, 0.5) is 14.5 Å². The fraction of sp³-hybridized carbons (Fsp3) is 0.227. The van der Waals surface area contributed by atoms with Gasteiger partial charge < -0.3 is 15.0 Å². The number of hydrogen-bond acceptors (Lipinski definition) is 7. The van der Waals surface area contributed by atoms with Gasteiger partial charge in [-0.1, -0.05) is 0 Å². The van der Waals surface area contributed by atoms with Gasteiger partial charge in [-0.3, -0.25) is 14.3 Å². The SMILES string of the molecule is Cn1cc(NC(=O)c2cnn3cccnc23)c(-c2cc(SC3CN(C=O)C3)ccc2OC(F)F)n1. The average Bonchev–Trinajstić information content (AvgIpc) is 3.39. The number of carbonyl (C=O) groups is 2. The first-order valence-electron chi connectivity index (χ1n) is 10.5. The number of fused-ring (bicyclic) bond motifs is 1. The fourth-order valence-corrected chi connectivity index (χ4v) is 4.99. The third-order valence-corrected chi connectivity index (χ3v) is 6.51. The Morgan fingerprint density at radius 1 is 1.34 bits per heavy atom. The molecule has 1 aromatic carbocycles. The number of ether oxygens (including phenoxy) is 1. The van der Waals surface area contributed by atoms with Crippen molar-refractivity contribution in [2.75, 3.05) is 18.4 Å². The van der Waals surface area contributed by atoms with E-state index in [1.807, 2.05) is 0 Å². The van der Waals surface area contributed by atoms with Crippen LogP contribution in [0, 0.1) is 0 Å². The van der Waals surface area contributed by atoms with E-state index in [0.29, 0.717) is 30.0 Å². The monoisotopic (exact) mass is 499 g/mol. The van der Waals surface area contributed by atoms with Crippen molar-refractivity contribution in [2.45, 2.75) is 16.8 Å². The summed E-state index contributed by atoms with van der Waals surface area (Å²) in [6.45, 7) is -1.82. The molecule has 180 valence electrons. The van der Waals surface area contributed by atoms with Crippen LogP contribution in [0.15, 0.2) is 53.9 Å². The van der Waals surface area contributed by atoms with Crippen LogP contribution in [0.1, 0.15) is 10.4 Å². The second kappa shape index (κ2) is 9.33. The second-order valence-corrected chi connectivity index (χ2v) is 9.17. The highest BCUT2D eigenvalue weighted by atomic mass is 32.2. The number of rotatable bonds is 8. The Morgan fingerprint density at radius 2 is 2.17 bits per heavy atom. The highest BCUT2D eigenvalue weighted by Crippen LogP contribution is 2.39. The van der Waals surface area contributed by atoms with Gasteiger partial charge in [-0.25, -0.2) is 9.50 Å². The molecule has 4 heterocycles. The second-order valence-electron chi connectivity index (χ2n) is 7.80. The van der Waals surface area contributed by atoms with Gasteiger partial charge in [0, 0.05) is 54.4 Å². The van der Waals surface area contributed by atoms with Crippen LogP contribution < -0.4 is 10.1 Å². The maximum atomic E-state index is 13.1. The Bertz CT molecular complexity index is 1400. The van der Waals surface area contributed by atoms with Crippen molar-refractivity contribution >= 4 is 35.4 Å². The number of likely N-dealkylation sites (tertiary alicyclic amines) is 1. The minimum atomic E-state index is -3.04. The van der Waals surface area contributed by atoms with Crippen molar-refractivity contribution < 1.29 is 23.1 Å². The lowest BCUT2D eigenvalue weighted by molar-refractivity contribution is -0.120. The molecule has 0 atom stereocenters. The molecule has 3 aromatic heterocycles. The zero-order chi connectivity index (χ0) is 24.5. The van der Waals surface area contributed by atoms with Gasteiger partial charge in [0.15, 0.2) is 5.65 Å². The van der Waals surface area contributed by atoms with Crippen molar-refractivity contribution in [3.8, 4) is 17.0 Å². The summed E-state index contributed by atoms with van der Waals surface area (Å²) in [7, 11) is 1.66. The number of amides is 2. The van der Waals surface area contributed by atoms with Crippen LogP contribution in [0.5, 0.6) is 5.75 Å². The Labute approximate surface area is 201 Å². The van der Waals surface area contributed by atoms with Crippen LogP contribution >= 0.6 is 11.8 Å². The minimum absolute atomic E-state index is 0.0701. The van der Waals surface area contributed by atoms with Crippen LogP contribution in [0.2, 0.25) is 0 Å². The lowest BCUT2D eigenvalue weighted by atomic mass is 10.1. The van der Waals surface area contributed by atoms with Gasteiger partial charge in [0.25, 0.3) is 5.91 Å². The Kier molecular flexibility index (Phi) is 6.07. The van der Waals surface area contributed by atoms with E-state index < -0.39 is 12.5 Å². The third-order valence-electron chi connectivity index (χ3n) is 5.35. The third kappa shape index (κ3) is 4.67. The molecule has 35 heavy (non-hydrogen) atoms. The van der Waals surface area contributed by atoms with E-state index in [2.05, 4.69) is 20.5 Å². The number of anilines is 1. The molecular formula is C22H19F2N7O3S. The summed E-state index contributed by atoms with van der Waals surface area (Å²) in [6.07, 6.45) is 6.99. The lowest BCUT2D eigenvalue weighted by Crippen LogP contribution is -2.47. The number of halogens is 2. The summed E-state index contributed by atoms with van der Waals surface area (Å²) >= 11 is 1.53. The average molecular weight is 500 g/mol. The van der Waals surface area contributed by atoms with Gasteiger partial charge in [-0.15, -0.1) is 11.8 Å². The van der Waals surface area contributed by atoms with E-state index >= 15 is 0 Å². The van der Waals surface area contributed by atoms with Crippen molar-refractivity contribution in [1.29, 1.82) is 0 Å². The molecule has 1 saturated heterocycles. The van der Waals surface area contributed by atoms with Gasteiger partial charge in [0.2, 0.25) is 6.41 Å². The van der Waals surface area contributed by atoms with E-state index in [9.17, 15) is 18.4 Å². The van der Waals surface area contributed by atoms with Gasteiger partial charge in [-0.2, -0.15) is 19.0 Å². The van der Waals surface area contributed by atoms with Crippen molar-refractivity contribution in [1.82, 2.24) is 29.3 Å². The highest BCUT2D eigenvalue weighted by Gasteiger charge is 2.27. The topological polar surface area (TPSA) is 107 Å². The maximum Gasteiger partial charge on any atom is 0.387 e. The summed E-state index contributed by atoms with van der Waals surface area (Å²) in [5, 5.41) is 11.5. The van der Waals surface area contributed by atoms with Crippen LogP contribution in [0.3, 0.4) is 0 Å². The number of benzene rings is 1. The Hall–Kier alpha value is -4.00. The summed E-state index contributed by atoms with van der Waals surface area (Å²) in [5.74, 6) is -0.544. The Morgan fingerprint density at radius 3 is 2.94 bits per heavy atom. The zero-order valence-electron chi connectivity index (χ0n) is 18.3. The first-order valence-corrected chi connectivity index (χ1v) is 11.4. The predicted octanol–water partition coefficient (Wildman–Crippen LogP) is 2.92. The molecule has 5 rings (SSSR count). The van der Waals surface area contributed by atoms with Crippen molar-refractivity contribution in [2.24, 2.45) is 7.05 Å². The van der Waals surface area contributed by atoms with Gasteiger partial charge in [-0.05, 0) is 24.3 Å². The summed E-state index contributed by atoms with van der Waals surface area (Å²) in [6, 6.07) is 6.52. The molecular weight excluding hydrogens is 480 g/mol. The molecule has 2 amide bonds. The number of aryl methyl sites for hydroxylation is 1. The van der Waals surface area contributed by atoms with Crippen LogP contribution in [-0.4, -0.2) is 66.5 Å². The molecule has 0 spiro atoms. The fourth-order valence-electron chi connectivity index (χ4n) is 3.74. The molecule has 0 radical (unpaired) electrons. The van der Waals surface area contributed by atoms with E-state index in [-0.39, 0.29) is 22.3 Å². The number of hydrogen-bond donors (Lipinski definition) is 1. The van der Waals surface area contributed by atoms with Gasteiger partial charge in [0.05, 0.1) is 11.9 Å². The number of alkyl halides is 2. The summed E-state index contributed by atoms with van der Waals surface area (Å²) < 4.78 is 34.0.